The van der Waals surface area contributed by atoms with Crippen molar-refractivity contribution in [3.05, 3.63) is 35.5 Å². The molecule has 1 aliphatic rings. The van der Waals surface area contributed by atoms with Gasteiger partial charge in [-0.25, -0.2) is 0 Å². The lowest BCUT2D eigenvalue weighted by atomic mass is 9.86. The van der Waals surface area contributed by atoms with Gasteiger partial charge in [-0.15, -0.1) is 0 Å². The first-order valence-corrected chi connectivity index (χ1v) is 7.39. The van der Waals surface area contributed by atoms with Crippen LogP contribution in [0.5, 0.6) is 0 Å². The van der Waals surface area contributed by atoms with Crippen LogP contribution in [0.25, 0.3) is 10.9 Å². The maximum atomic E-state index is 11.3. The Balaban J connectivity index is 2.14. The highest BCUT2D eigenvalue weighted by molar-refractivity contribution is 5.86. The van der Waals surface area contributed by atoms with Crippen molar-refractivity contribution in [3.63, 3.8) is 0 Å². The van der Waals surface area contributed by atoms with Gasteiger partial charge in [0.1, 0.15) is 0 Å². The summed E-state index contributed by atoms with van der Waals surface area (Å²) in [6.07, 6.45) is 2.32. The minimum absolute atomic E-state index is 0.221. The fourth-order valence-electron chi connectivity index (χ4n) is 3.39. The predicted molar refractivity (Wildman–Crippen MR) is 79.9 cm³/mol. The summed E-state index contributed by atoms with van der Waals surface area (Å²) in [7, 11) is 0. The number of fused-ring (bicyclic) bond motifs is 3. The summed E-state index contributed by atoms with van der Waals surface area (Å²) in [5, 5.41) is 10.5. The normalized spacial score (nSPS) is 18.4. The number of rotatable bonds is 3. The lowest BCUT2D eigenvalue weighted by molar-refractivity contribution is -0.142. The van der Waals surface area contributed by atoms with Gasteiger partial charge in [0, 0.05) is 23.1 Å². The van der Waals surface area contributed by atoms with E-state index >= 15 is 0 Å². The Bertz CT molecular complexity index is 654. The van der Waals surface area contributed by atoms with Crippen LogP contribution in [-0.4, -0.2) is 15.6 Å². The van der Waals surface area contributed by atoms with Crippen molar-refractivity contribution in [2.75, 3.05) is 0 Å². The number of carbonyl (C=O) groups is 1. The van der Waals surface area contributed by atoms with Crippen molar-refractivity contribution in [3.8, 4) is 0 Å². The van der Waals surface area contributed by atoms with Crippen LogP contribution in [0, 0.1) is 11.8 Å². The van der Waals surface area contributed by atoms with Gasteiger partial charge in [0.05, 0.1) is 5.92 Å². The lowest BCUT2D eigenvalue weighted by Gasteiger charge is -2.21. The zero-order valence-electron chi connectivity index (χ0n) is 12.1. The van der Waals surface area contributed by atoms with Gasteiger partial charge in [-0.2, -0.15) is 0 Å². The standard InChI is InChI=1S/C17H21NO2/c1-11(2)10-18-15-6-4-3-5-13(15)14-9-12(17(19)20)7-8-16(14)18/h3-6,11-12H,7-10H2,1-2H3,(H,19,20). The van der Waals surface area contributed by atoms with Gasteiger partial charge < -0.3 is 9.67 Å². The topological polar surface area (TPSA) is 42.2 Å². The van der Waals surface area contributed by atoms with Gasteiger partial charge in [0.25, 0.3) is 0 Å². The van der Waals surface area contributed by atoms with E-state index in [1.165, 1.54) is 22.2 Å². The first kappa shape index (κ1) is 13.2. The molecule has 106 valence electrons. The molecule has 0 radical (unpaired) electrons. The number of carboxylic acid groups (broad SMARTS) is 1. The molecule has 1 atom stereocenters. The summed E-state index contributed by atoms with van der Waals surface area (Å²) in [5.41, 5.74) is 3.88. The smallest absolute Gasteiger partial charge is 0.306 e. The number of aliphatic carboxylic acids is 1. The van der Waals surface area contributed by atoms with E-state index in [0.29, 0.717) is 12.3 Å². The second-order valence-corrected chi connectivity index (χ2v) is 6.22. The van der Waals surface area contributed by atoms with Crippen molar-refractivity contribution >= 4 is 16.9 Å². The molecular formula is C17H21NO2. The molecule has 0 fully saturated rings. The van der Waals surface area contributed by atoms with Gasteiger partial charge in [-0.3, -0.25) is 4.79 Å². The molecule has 1 unspecified atom stereocenters. The summed E-state index contributed by atoms with van der Waals surface area (Å²) in [5.74, 6) is -0.288. The molecule has 1 aliphatic carbocycles. The second kappa shape index (κ2) is 4.97. The van der Waals surface area contributed by atoms with Crippen LogP contribution in [0.4, 0.5) is 0 Å². The molecule has 1 aromatic carbocycles. The quantitative estimate of drug-likeness (QED) is 0.928. The summed E-state index contributed by atoms with van der Waals surface area (Å²) >= 11 is 0. The van der Waals surface area contributed by atoms with Crippen molar-refractivity contribution in [1.29, 1.82) is 0 Å². The van der Waals surface area contributed by atoms with E-state index in [4.69, 9.17) is 0 Å². The molecule has 3 nitrogen and oxygen atoms in total. The van der Waals surface area contributed by atoms with Crippen molar-refractivity contribution < 1.29 is 9.90 Å². The Morgan fingerprint density at radius 2 is 2.15 bits per heavy atom. The predicted octanol–water partition coefficient (Wildman–Crippen LogP) is 3.49. The second-order valence-electron chi connectivity index (χ2n) is 6.22. The molecule has 0 bridgehead atoms. The Hall–Kier alpha value is -1.77. The average molecular weight is 271 g/mol. The molecule has 1 aromatic heterocycles. The van der Waals surface area contributed by atoms with Crippen LogP contribution in [-0.2, 0) is 24.2 Å². The maximum Gasteiger partial charge on any atom is 0.306 e. The lowest BCUT2D eigenvalue weighted by Crippen LogP contribution is -2.23. The third-order valence-electron chi connectivity index (χ3n) is 4.27. The Morgan fingerprint density at radius 3 is 2.85 bits per heavy atom. The SMILES string of the molecule is CC(C)Cn1c2c(c3ccccc31)CC(C(=O)O)CC2. The summed E-state index contributed by atoms with van der Waals surface area (Å²) in [6, 6.07) is 8.41. The van der Waals surface area contributed by atoms with Gasteiger partial charge in [-0.1, -0.05) is 32.0 Å². The van der Waals surface area contributed by atoms with Crippen molar-refractivity contribution in [2.24, 2.45) is 11.8 Å². The molecule has 20 heavy (non-hydrogen) atoms. The molecule has 2 aromatic rings. The number of carboxylic acids is 1. The molecule has 1 heterocycles. The molecule has 0 amide bonds. The number of aromatic nitrogens is 1. The van der Waals surface area contributed by atoms with Gasteiger partial charge in [0.2, 0.25) is 0 Å². The zero-order chi connectivity index (χ0) is 14.3. The number of hydrogen-bond donors (Lipinski definition) is 1. The van der Waals surface area contributed by atoms with Gasteiger partial charge >= 0.3 is 5.97 Å². The Labute approximate surface area is 119 Å². The van der Waals surface area contributed by atoms with Crippen LogP contribution in [0.2, 0.25) is 0 Å². The third kappa shape index (κ3) is 2.11. The van der Waals surface area contributed by atoms with Crippen LogP contribution in [0.1, 0.15) is 31.5 Å². The van der Waals surface area contributed by atoms with E-state index < -0.39 is 5.97 Å². The highest BCUT2D eigenvalue weighted by atomic mass is 16.4. The fourth-order valence-corrected chi connectivity index (χ4v) is 3.39. The van der Waals surface area contributed by atoms with Gasteiger partial charge in [0.15, 0.2) is 0 Å². The minimum atomic E-state index is -0.656. The summed E-state index contributed by atoms with van der Waals surface area (Å²) < 4.78 is 2.41. The van der Waals surface area contributed by atoms with Crippen molar-refractivity contribution in [2.45, 2.75) is 39.7 Å². The molecule has 0 saturated carbocycles. The number of hydrogen-bond acceptors (Lipinski definition) is 1. The monoisotopic (exact) mass is 271 g/mol. The fraction of sp³-hybridized carbons (Fsp3) is 0.471. The molecule has 0 aliphatic heterocycles. The molecular weight excluding hydrogens is 250 g/mol. The van der Waals surface area contributed by atoms with Crippen LogP contribution < -0.4 is 0 Å². The first-order valence-electron chi connectivity index (χ1n) is 7.39. The maximum absolute atomic E-state index is 11.3. The number of benzene rings is 1. The molecule has 0 saturated heterocycles. The van der Waals surface area contributed by atoms with Crippen LogP contribution in [0.15, 0.2) is 24.3 Å². The number of para-hydroxylation sites is 1. The molecule has 0 spiro atoms. The largest absolute Gasteiger partial charge is 0.481 e. The van der Waals surface area contributed by atoms with Crippen molar-refractivity contribution in [1.82, 2.24) is 4.57 Å². The average Bonchev–Trinajstić information content (AvgIpc) is 2.73. The third-order valence-corrected chi connectivity index (χ3v) is 4.27. The van der Waals surface area contributed by atoms with Gasteiger partial charge in [-0.05, 0) is 36.8 Å². The minimum Gasteiger partial charge on any atom is -0.481 e. The van der Waals surface area contributed by atoms with E-state index in [0.717, 1.165) is 19.4 Å². The van der Waals surface area contributed by atoms with E-state index in [-0.39, 0.29) is 5.92 Å². The Morgan fingerprint density at radius 1 is 1.40 bits per heavy atom. The molecule has 3 heteroatoms. The highest BCUT2D eigenvalue weighted by Gasteiger charge is 2.29. The van der Waals surface area contributed by atoms with E-state index in [1.807, 2.05) is 6.07 Å². The summed E-state index contributed by atoms with van der Waals surface area (Å²) in [4.78, 5) is 11.3. The highest BCUT2D eigenvalue weighted by Crippen LogP contribution is 2.34. The Kier molecular flexibility index (Phi) is 3.28. The number of nitrogens with zero attached hydrogens (tertiary/aromatic N) is 1. The van der Waals surface area contributed by atoms with Crippen LogP contribution >= 0.6 is 0 Å². The first-order chi connectivity index (χ1) is 9.58. The van der Waals surface area contributed by atoms with E-state index in [9.17, 15) is 9.90 Å². The molecule has 1 N–H and O–H groups in total. The van der Waals surface area contributed by atoms with E-state index in [2.05, 4.69) is 36.6 Å². The molecule has 3 rings (SSSR count). The zero-order valence-corrected chi connectivity index (χ0v) is 12.1. The summed E-state index contributed by atoms with van der Waals surface area (Å²) in [6.45, 7) is 5.46. The van der Waals surface area contributed by atoms with Crippen LogP contribution in [0.3, 0.4) is 0 Å². The van der Waals surface area contributed by atoms with E-state index in [1.54, 1.807) is 0 Å².